The topological polar surface area (TPSA) is 70.3 Å². The second-order valence-corrected chi connectivity index (χ2v) is 6.43. The number of ether oxygens (including phenoxy) is 2. The van der Waals surface area contributed by atoms with Crippen LogP contribution in [0.2, 0.25) is 5.02 Å². The summed E-state index contributed by atoms with van der Waals surface area (Å²) in [5.41, 5.74) is 7.28. The van der Waals surface area contributed by atoms with Gasteiger partial charge in [-0.15, -0.1) is 0 Å². The highest BCUT2D eigenvalue weighted by Crippen LogP contribution is 2.34. The van der Waals surface area contributed by atoms with Gasteiger partial charge >= 0.3 is 0 Å². The first-order valence-corrected chi connectivity index (χ1v) is 8.69. The van der Waals surface area contributed by atoms with E-state index >= 15 is 0 Å². The average molecular weight is 378 g/mol. The number of nitrogens with two attached hydrogens (primary N) is 1. The van der Waals surface area contributed by atoms with Gasteiger partial charge in [0.25, 0.3) is 0 Å². The predicted molar refractivity (Wildman–Crippen MR) is 107 cm³/mol. The number of rotatable bonds is 4. The lowest BCUT2D eigenvalue weighted by Gasteiger charge is -2.12. The van der Waals surface area contributed by atoms with Gasteiger partial charge in [0.1, 0.15) is 17.8 Å². The molecular weight excluding hydrogens is 362 g/mol. The van der Waals surface area contributed by atoms with Crippen molar-refractivity contribution in [2.45, 2.75) is 6.92 Å². The van der Waals surface area contributed by atoms with Crippen LogP contribution in [0.3, 0.4) is 0 Å². The van der Waals surface area contributed by atoms with Crippen molar-refractivity contribution in [2.75, 3.05) is 5.73 Å². The molecule has 4 aromatic rings. The van der Waals surface area contributed by atoms with E-state index in [1.807, 2.05) is 55.5 Å². The molecule has 0 radical (unpaired) electrons. The molecule has 27 heavy (non-hydrogen) atoms. The van der Waals surface area contributed by atoms with Crippen LogP contribution in [-0.2, 0) is 0 Å². The first-order chi connectivity index (χ1) is 13.1. The number of anilines is 1. The standard InChI is InChI=1S/C21H16ClN3O2/c1-13-10-16(8-9-18(13)22)26-20-19(23)21(25-12-24-20)27-17-7-6-14-4-2-3-5-15(14)11-17/h2-12H,23H2,1H3. The third-order valence-corrected chi connectivity index (χ3v) is 4.51. The van der Waals surface area contributed by atoms with Crippen molar-refractivity contribution in [3.63, 3.8) is 0 Å². The van der Waals surface area contributed by atoms with Gasteiger partial charge in [0.15, 0.2) is 5.69 Å². The molecule has 2 N–H and O–H groups in total. The summed E-state index contributed by atoms with van der Waals surface area (Å²) in [4.78, 5) is 8.23. The molecule has 4 rings (SSSR count). The van der Waals surface area contributed by atoms with E-state index in [4.69, 9.17) is 26.8 Å². The minimum Gasteiger partial charge on any atom is -0.437 e. The summed E-state index contributed by atoms with van der Waals surface area (Å²) in [6.45, 7) is 1.90. The minimum absolute atomic E-state index is 0.221. The average Bonchev–Trinajstić information content (AvgIpc) is 2.68. The van der Waals surface area contributed by atoms with E-state index in [1.54, 1.807) is 12.1 Å². The summed E-state index contributed by atoms with van der Waals surface area (Å²) < 4.78 is 11.6. The Kier molecular flexibility index (Phi) is 4.52. The Morgan fingerprint density at radius 3 is 2.15 bits per heavy atom. The molecule has 1 aromatic heterocycles. The number of fused-ring (bicyclic) bond motifs is 1. The van der Waals surface area contributed by atoms with Crippen LogP contribution in [0.5, 0.6) is 23.3 Å². The quantitative estimate of drug-likeness (QED) is 0.489. The molecule has 0 aliphatic heterocycles. The Balaban J connectivity index is 1.61. The second kappa shape index (κ2) is 7.13. The van der Waals surface area contributed by atoms with E-state index < -0.39 is 0 Å². The minimum atomic E-state index is 0.221. The maximum absolute atomic E-state index is 6.16. The molecule has 0 aliphatic rings. The molecule has 3 aromatic carbocycles. The van der Waals surface area contributed by atoms with Gasteiger partial charge in [0.05, 0.1) is 0 Å². The highest BCUT2D eigenvalue weighted by atomic mass is 35.5. The summed E-state index contributed by atoms with van der Waals surface area (Å²) in [5, 5.41) is 2.86. The van der Waals surface area contributed by atoms with Gasteiger partial charge in [0.2, 0.25) is 11.8 Å². The van der Waals surface area contributed by atoms with Crippen molar-refractivity contribution < 1.29 is 9.47 Å². The number of benzene rings is 3. The maximum atomic E-state index is 6.16. The van der Waals surface area contributed by atoms with Crippen molar-refractivity contribution in [3.8, 4) is 23.3 Å². The fraction of sp³-hybridized carbons (Fsp3) is 0.0476. The SMILES string of the molecule is Cc1cc(Oc2ncnc(Oc3ccc4ccccc4c3)c2N)ccc1Cl. The van der Waals surface area contributed by atoms with Crippen LogP contribution in [0.25, 0.3) is 10.8 Å². The molecule has 0 bridgehead atoms. The van der Waals surface area contributed by atoms with Crippen molar-refractivity contribution in [2.24, 2.45) is 0 Å². The van der Waals surface area contributed by atoms with Crippen LogP contribution < -0.4 is 15.2 Å². The first kappa shape index (κ1) is 17.1. The Hall–Kier alpha value is -3.31. The summed E-state index contributed by atoms with van der Waals surface area (Å²) in [6.07, 6.45) is 1.35. The van der Waals surface area contributed by atoms with Gasteiger partial charge in [0, 0.05) is 5.02 Å². The van der Waals surface area contributed by atoms with Gasteiger partial charge in [-0.25, -0.2) is 0 Å². The molecule has 6 heteroatoms. The number of hydrogen-bond acceptors (Lipinski definition) is 5. The zero-order chi connectivity index (χ0) is 18.8. The van der Waals surface area contributed by atoms with Gasteiger partial charge in [-0.05, 0) is 53.6 Å². The van der Waals surface area contributed by atoms with Gasteiger partial charge in [-0.2, -0.15) is 9.97 Å². The van der Waals surface area contributed by atoms with Gasteiger partial charge < -0.3 is 15.2 Å². The van der Waals surface area contributed by atoms with Crippen molar-refractivity contribution in [1.82, 2.24) is 9.97 Å². The number of aromatic nitrogens is 2. The van der Waals surface area contributed by atoms with E-state index in [1.165, 1.54) is 6.33 Å². The molecule has 1 heterocycles. The fourth-order valence-electron chi connectivity index (χ4n) is 2.66. The largest absolute Gasteiger partial charge is 0.437 e. The lowest BCUT2D eigenvalue weighted by atomic mass is 10.1. The number of nitrogen functional groups attached to an aromatic ring is 1. The number of aryl methyl sites for hydroxylation is 1. The molecule has 0 saturated carbocycles. The third-order valence-electron chi connectivity index (χ3n) is 4.09. The van der Waals surface area contributed by atoms with Crippen molar-refractivity contribution in [1.29, 1.82) is 0 Å². The maximum Gasteiger partial charge on any atom is 0.249 e. The molecule has 0 unspecified atom stereocenters. The summed E-state index contributed by atoms with van der Waals surface area (Å²) in [5.74, 6) is 1.68. The summed E-state index contributed by atoms with van der Waals surface area (Å²) >= 11 is 6.05. The van der Waals surface area contributed by atoms with E-state index in [0.29, 0.717) is 16.5 Å². The molecule has 0 amide bonds. The number of hydrogen-bond donors (Lipinski definition) is 1. The van der Waals surface area contributed by atoms with E-state index in [2.05, 4.69) is 9.97 Å². The highest BCUT2D eigenvalue weighted by Gasteiger charge is 2.13. The third kappa shape index (κ3) is 3.64. The molecule has 0 saturated heterocycles. The van der Waals surface area contributed by atoms with E-state index in [-0.39, 0.29) is 17.4 Å². The molecular formula is C21H16ClN3O2. The molecule has 0 fully saturated rings. The Morgan fingerprint density at radius 1 is 0.815 bits per heavy atom. The predicted octanol–water partition coefficient (Wildman–Crippen LogP) is 5.76. The van der Waals surface area contributed by atoms with Crippen LogP contribution in [0, 0.1) is 6.92 Å². The molecule has 5 nitrogen and oxygen atoms in total. The lowest BCUT2D eigenvalue weighted by Crippen LogP contribution is -2.00. The molecule has 0 aliphatic carbocycles. The Labute approximate surface area is 161 Å². The summed E-state index contributed by atoms with van der Waals surface area (Å²) in [7, 11) is 0. The number of nitrogens with zero attached hydrogens (tertiary/aromatic N) is 2. The first-order valence-electron chi connectivity index (χ1n) is 8.31. The van der Waals surface area contributed by atoms with Crippen LogP contribution in [0.1, 0.15) is 5.56 Å². The van der Waals surface area contributed by atoms with Crippen LogP contribution >= 0.6 is 11.6 Å². The van der Waals surface area contributed by atoms with E-state index in [9.17, 15) is 0 Å². The van der Waals surface area contributed by atoms with Crippen molar-refractivity contribution >= 4 is 28.1 Å². The fourth-order valence-corrected chi connectivity index (χ4v) is 2.78. The zero-order valence-corrected chi connectivity index (χ0v) is 15.3. The van der Waals surface area contributed by atoms with Gasteiger partial charge in [-0.1, -0.05) is 41.9 Å². The normalized spacial score (nSPS) is 10.7. The smallest absolute Gasteiger partial charge is 0.249 e. The van der Waals surface area contributed by atoms with E-state index in [0.717, 1.165) is 16.3 Å². The van der Waals surface area contributed by atoms with Crippen LogP contribution in [0.4, 0.5) is 5.69 Å². The zero-order valence-electron chi connectivity index (χ0n) is 14.5. The number of halogens is 1. The highest BCUT2D eigenvalue weighted by molar-refractivity contribution is 6.31. The molecule has 0 atom stereocenters. The lowest BCUT2D eigenvalue weighted by molar-refractivity contribution is 0.438. The molecule has 134 valence electrons. The van der Waals surface area contributed by atoms with Crippen LogP contribution in [0.15, 0.2) is 67.0 Å². The Morgan fingerprint density at radius 2 is 1.44 bits per heavy atom. The van der Waals surface area contributed by atoms with Gasteiger partial charge in [-0.3, -0.25) is 0 Å². The van der Waals surface area contributed by atoms with Crippen LogP contribution in [-0.4, -0.2) is 9.97 Å². The molecule has 0 spiro atoms. The summed E-state index contributed by atoms with van der Waals surface area (Å²) in [6, 6.07) is 19.1. The Bertz CT molecular complexity index is 1130. The second-order valence-electron chi connectivity index (χ2n) is 6.02. The van der Waals surface area contributed by atoms with Crippen molar-refractivity contribution in [3.05, 3.63) is 77.6 Å². The monoisotopic (exact) mass is 377 g/mol.